The summed E-state index contributed by atoms with van der Waals surface area (Å²) in [7, 11) is 1.60. The van der Waals surface area contributed by atoms with Crippen LogP contribution in [0.15, 0.2) is 85.6 Å². The molecule has 1 unspecified atom stereocenters. The second kappa shape index (κ2) is 9.27. The number of amides is 1. The van der Waals surface area contributed by atoms with E-state index in [0.717, 1.165) is 22.3 Å². The monoisotopic (exact) mass is 428 g/mol. The summed E-state index contributed by atoms with van der Waals surface area (Å²) in [5.74, 6) is 0.589. The summed E-state index contributed by atoms with van der Waals surface area (Å²) in [6, 6.07) is 21.9. The number of carbonyl (C=O) groups is 1. The molecule has 32 heavy (non-hydrogen) atoms. The van der Waals surface area contributed by atoms with E-state index >= 15 is 0 Å². The lowest BCUT2D eigenvalue weighted by Crippen LogP contribution is -2.48. The summed E-state index contributed by atoms with van der Waals surface area (Å²) in [6.07, 6.45) is 4.64. The number of pyridine rings is 1. The maximum absolute atomic E-state index is 13.1. The number of rotatable bonds is 7. The van der Waals surface area contributed by atoms with Crippen LogP contribution in [0.25, 0.3) is 11.1 Å². The van der Waals surface area contributed by atoms with E-state index < -0.39 is 5.60 Å². The molecule has 164 valence electrons. The van der Waals surface area contributed by atoms with Gasteiger partial charge in [0.15, 0.2) is 0 Å². The fourth-order valence-corrected chi connectivity index (χ4v) is 4.27. The van der Waals surface area contributed by atoms with Crippen LogP contribution in [0.2, 0.25) is 0 Å². The van der Waals surface area contributed by atoms with E-state index in [-0.39, 0.29) is 12.1 Å². The summed E-state index contributed by atoms with van der Waals surface area (Å²) in [4.78, 5) is 19.1. The predicted octanol–water partition coefficient (Wildman–Crippen LogP) is 6.13. The molecule has 3 aromatic rings. The highest BCUT2D eigenvalue weighted by atomic mass is 16.6. The molecular formula is C27H28N2O3. The van der Waals surface area contributed by atoms with Gasteiger partial charge >= 0.3 is 6.09 Å². The van der Waals surface area contributed by atoms with E-state index in [1.54, 1.807) is 18.2 Å². The standard InChI is InChI=1S/C27H28N2O3/c1-4-16-27(24-8-6-5-7-9-24)17-18-29(26(30)32-27)20(2)21-10-12-22(13-11-21)23-14-15-25(31-3)28-19-23/h4-15,19-20H,1,16-18H2,2-3H3/t20-,27?/m0/s1. The van der Waals surface area contributed by atoms with Gasteiger partial charge in [-0.25, -0.2) is 9.78 Å². The minimum absolute atomic E-state index is 0.0944. The lowest BCUT2D eigenvalue weighted by molar-refractivity contribution is -0.0588. The molecule has 1 aliphatic heterocycles. The highest BCUT2D eigenvalue weighted by Crippen LogP contribution is 2.39. The zero-order chi connectivity index (χ0) is 22.6. The molecule has 1 fully saturated rings. The molecule has 2 aromatic carbocycles. The van der Waals surface area contributed by atoms with Crippen LogP contribution in [0.4, 0.5) is 4.79 Å². The van der Waals surface area contributed by atoms with Crippen LogP contribution < -0.4 is 4.74 Å². The van der Waals surface area contributed by atoms with Gasteiger partial charge in [0.05, 0.1) is 13.2 Å². The number of benzene rings is 2. The first-order valence-electron chi connectivity index (χ1n) is 10.8. The van der Waals surface area contributed by atoms with Crippen LogP contribution >= 0.6 is 0 Å². The van der Waals surface area contributed by atoms with Crippen LogP contribution in [0.3, 0.4) is 0 Å². The number of carbonyl (C=O) groups excluding carboxylic acids is 1. The van der Waals surface area contributed by atoms with Crippen molar-refractivity contribution >= 4 is 6.09 Å². The Labute approximate surface area is 189 Å². The molecule has 4 rings (SSSR count). The van der Waals surface area contributed by atoms with Crippen LogP contribution in [0.5, 0.6) is 5.88 Å². The van der Waals surface area contributed by atoms with Crippen molar-refractivity contribution in [3.63, 3.8) is 0 Å². The van der Waals surface area contributed by atoms with Gasteiger partial charge in [-0.1, -0.05) is 60.7 Å². The zero-order valence-corrected chi connectivity index (χ0v) is 18.5. The second-order valence-corrected chi connectivity index (χ2v) is 8.05. The fourth-order valence-electron chi connectivity index (χ4n) is 4.27. The Morgan fingerprint density at radius 3 is 2.44 bits per heavy atom. The molecule has 0 saturated carbocycles. The van der Waals surface area contributed by atoms with Crippen LogP contribution in [-0.4, -0.2) is 29.6 Å². The smallest absolute Gasteiger partial charge is 0.411 e. The Hall–Kier alpha value is -3.60. The van der Waals surface area contributed by atoms with Gasteiger partial charge in [0, 0.05) is 37.2 Å². The minimum Gasteiger partial charge on any atom is -0.481 e. The van der Waals surface area contributed by atoms with Crippen LogP contribution in [0.1, 0.15) is 36.9 Å². The van der Waals surface area contributed by atoms with Gasteiger partial charge in [-0.3, -0.25) is 0 Å². The third kappa shape index (κ3) is 4.24. The summed E-state index contributed by atoms with van der Waals surface area (Å²) < 4.78 is 11.2. The molecule has 2 heterocycles. The number of hydrogen-bond donors (Lipinski definition) is 0. The first-order valence-corrected chi connectivity index (χ1v) is 10.8. The highest BCUT2D eigenvalue weighted by Gasteiger charge is 2.42. The molecule has 5 heteroatoms. The molecule has 1 aromatic heterocycles. The molecule has 0 aliphatic carbocycles. The number of hydrogen-bond acceptors (Lipinski definition) is 4. The Kier molecular flexibility index (Phi) is 6.26. The van der Waals surface area contributed by atoms with Crippen LogP contribution in [0, 0.1) is 0 Å². The van der Waals surface area contributed by atoms with E-state index in [0.29, 0.717) is 25.3 Å². The lowest BCUT2D eigenvalue weighted by Gasteiger charge is -2.43. The van der Waals surface area contributed by atoms with Crippen molar-refractivity contribution in [2.45, 2.75) is 31.4 Å². The van der Waals surface area contributed by atoms with Gasteiger partial charge < -0.3 is 14.4 Å². The molecule has 0 radical (unpaired) electrons. The van der Waals surface area contributed by atoms with Crippen molar-refractivity contribution in [1.29, 1.82) is 0 Å². The topological polar surface area (TPSA) is 51.7 Å². The SMILES string of the molecule is C=CCC1(c2ccccc2)CCN([C@@H](C)c2ccc(-c3ccc(OC)nc3)cc2)C(=O)O1. The van der Waals surface area contributed by atoms with Crippen molar-refractivity contribution in [3.8, 4) is 17.0 Å². The third-order valence-electron chi connectivity index (χ3n) is 6.19. The average molecular weight is 429 g/mol. The van der Waals surface area contributed by atoms with Crippen molar-refractivity contribution in [2.24, 2.45) is 0 Å². The molecule has 0 N–H and O–H groups in total. The zero-order valence-electron chi connectivity index (χ0n) is 18.5. The Bertz CT molecular complexity index is 1060. The molecule has 1 amide bonds. The number of ether oxygens (including phenoxy) is 2. The van der Waals surface area contributed by atoms with E-state index in [1.807, 2.05) is 55.5 Å². The average Bonchev–Trinajstić information content (AvgIpc) is 2.85. The van der Waals surface area contributed by atoms with Gasteiger partial charge in [0.1, 0.15) is 5.60 Å². The van der Waals surface area contributed by atoms with E-state index in [9.17, 15) is 4.79 Å². The molecule has 1 aliphatic rings. The minimum atomic E-state index is -0.651. The first kappa shape index (κ1) is 21.6. The van der Waals surface area contributed by atoms with Gasteiger partial charge in [-0.05, 0) is 29.7 Å². The fraction of sp³-hybridized carbons (Fsp3) is 0.259. The van der Waals surface area contributed by atoms with Crippen molar-refractivity contribution in [3.05, 3.63) is 96.7 Å². The molecule has 2 atom stereocenters. The Morgan fingerprint density at radius 1 is 1.12 bits per heavy atom. The molecule has 0 spiro atoms. The molecule has 1 saturated heterocycles. The Morgan fingerprint density at radius 2 is 1.84 bits per heavy atom. The maximum Gasteiger partial charge on any atom is 0.411 e. The lowest BCUT2D eigenvalue weighted by atomic mass is 9.85. The van der Waals surface area contributed by atoms with Crippen molar-refractivity contribution in [1.82, 2.24) is 9.88 Å². The number of methoxy groups -OCH3 is 1. The molecule has 0 bridgehead atoms. The van der Waals surface area contributed by atoms with Gasteiger partial charge in [0.2, 0.25) is 5.88 Å². The highest BCUT2D eigenvalue weighted by molar-refractivity contribution is 5.70. The quantitative estimate of drug-likeness (QED) is 0.425. The van der Waals surface area contributed by atoms with E-state index in [2.05, 4.69) is 35.8 Å². The van der Waals surface area contributed by atoms with Gasteiger partial charge in [-0.15, -0.1) is 6.58 Å². The number of aromatic nitrogens is 1. The van der Waals surface area contributed by atoms with Gasteiger partial charge in [-0.2, -0.15) is 0 Å². The summed E-state index contributed by atoms with van der Waals surface area (Å²) >= 11 is 0. The molecule has 5 nitrogen and oxygen atoms in total. The van der Waals surface area contributed by atoms with Crippen LogP contribution in [-0.2, 0) is 10.3 Å². The molecular weight excluding hydrogens is 400 g/mol. The second-order valence-electron chi connectivity index (χ2n) is 8.05. The number of cyclic esters (lactones) is 1. The summed E-state index contributed by atoms with van der Waals surface area (Å²) in [6.45, 7) is 6.53. The first-order chi connectivity index (χ1) is 15.6. The van der Waals surface area contributed by atoms with E-state index in [1.165, 1.54) is 0 Å². The predicted molar refractivity (Wildman–Crippen MR) is 125 cm³/mol. The number of nitrogens with zero attached hydrogens (tertiary/aromatic N) is 2. The normalized spacial score (nSPS) is 19.2. The third-order valence-corrected chi connectivity index (χ3v) is 6.19. The van der Waals surface area contributed by atoms with Gasteiger partial charge in [0.25, 0.3) is 0 Å². The maximum atomic E-state index is 13.1. The Balaban J connectivity index is 1.49. The summed E-state index contributed by atoms with van der Waals surface area (Å²) in [5.41, 5.74) is 3.49. The largest absolute Gasteiger partial charge is 0.481 e. The van der Waals surface area contributed by atoms with E-state index in [4.69, 9.17) is 9.47 Å². The summed E-state index contributed by atoms with van der Waals surface area (Å²) in [5, 5.41) is 0. The van der Waals surface area contributed by atoms with Crippen molar-refractivity contribution in [2.75, 3.05) is 13.7 Å². The van der Waals surface area contributed by atoms with Crippen molar-refractivity contribution < 1.29 is 14.3 Å².